The highest BCUT2D eigenvalue weighted by Crippen LogP contribution is 2.17. The molecule has 0 aliphatic rings. The van der Waals surface area contributed by atoms with Crippen LogP contribution in [-0.4, -0.2) is 26.6 Å². The number of carbonyl (C=O) groups excluding carboxylic acids is 1. The number of hydrogen-bond donors (Lipinski definition) is 0. The van der Waals surface area contributed by atoms with Gasteiger partial charge < -0.3 is 0 Å². The molecule has 2 heterocycles. The quantitative estimate of drug-likeness (QED) is 0.415. The molecule has 0 fully saturated rings. The van der Waals surface area contributed by atoms with Crippen LogP contribution in [0.15, 0.2) is 46.5 Å². The van der Waals surface area contributed by atoms with Gasteiger partial charge in [0.25, 0.3) is 5.56 Å². The molecule has 0 amide bonds. The lowest BCUT2D eigenvalue weighted by molar-refractivity contribution is 0.103. The predicted molar refractivity (Wildman–Crippen MR) is 91.4 cm³/mol. The van der Waals surface area contributed by atoms with Gasteiger partial charge in [-0.25, -0.2) is 9.97 Å². The van der Waals surface area contributed by atoms with Gasteiger partial charge in [0.05, 0.1) is 5.39 Å². The second-order valence-electron chi connectivity index (χ2n) is 4.89. The summed E-state index contributed by atoms with van der Waals surface area (Å²) in [6.07, 6.45) is 3.28. The molecule has 3 aromatic rings. The highest BCUT2D eigenvalue weighted by atomic mass is 35.5. The molecule has 0 aliphatic carbocycles. The Morgan fingerprint density at radius 2 is 1.91 bits per heavy atom. The van der Waals surface area contributed by atoms with Crippen LogP contribution in [0.1, 0.15) is 15.9 Å². The zero-order valence-corrected chi connectivity index (χ0v) is 14.0. The molecule has 23 heavy (non-hydrogen) atoms. The third kappa shape index (κ3) is 2.87. The van der Waals surface area contributed by atoms with E-state index in [0.717, 1.165) is 0 Å². The molecule has 0 aliphatic heterocycles. The van der Waals surface area contributed by atoms with Gasteiger partial charge in [0.2, 0.25) is 0 Å². The average Bonchev–Trinajstić information content (AvgIpc) is 2.58. The highest BCUT2D eigenvalue weighted by Gasteiger charge is 2.14. The smallest absolute Gasteiger partial charge is 0.263 e. The number of aromatic nitrogens is 3. The number of hydrogen-bond acceptors (Lipinski definition) is 5. The van der Waals surface area contributed by atoms with Gasteiger partial charge >= 0.3 is 0 Å². The lowest BCUT2D eigenvalue weighted by Gasteiger charge is -2.07. The lowest BCUT2D eigenvalue weighted by atomic mass is 10.0. The van der Waals surface area contributed by atoms with E-state index in [1.54, 1.807) is 37.4 Å². The summed E-state index contributed by atoms with van der Waals surface area (Å²) in [5.74, 6) is -0.216. The van der Waals surface area contributed by atoms with E-state index in [1.165, 1.54) is 22.5 Å². The maximum Gasteiger partial charge on any atom is 0.263 e. The van der Waals surface area contributed by atoms with Crippen molar-refractivity contribution in [3.05, 3.63) is 63.0 Å². The first-order valence-corrected chi connectivity index (χ1v) is 8.32. The molecule has 0 bridgehead atoms. The van der Waals surface area contributed by atoms with E-state index in [4.69, 9.17) is 11.6 Å². The number of fused-ring (bicyclic) bond motifs is 1. The molecule has 5 nitrogen and oxygen atoms in total. The van der Waals surface area contributed by atoms with Crippen LogP contribution in [0.3, 0.4) is 0 Å². The average molecular weight is 346 g/mol. The Balaban J connectivity index is 2.13. The van der Waals surface area contributed by atoms with Crippen LogP contribution < -0.4 is 5.56 Å². The predicted octanol–water partition coefficient (Wildman–Crippen LogP) is 2.93. The number of halogens is 1. The molecule has 0 saturated heterocycles. The van der Waals surface area contributed by atoms with Crippen LogP contribution in [0.4, 0.5) is 0 Å². The number of benzene rings is 1. The zero-order valence-electron chi connectivity index (χ0n) is 12.4. The van der Waals surface area contributed by atoms with Crippen LogP contribution in [0.5, 0.6) is 0 Å². The van der Waals surface area contributed by atoms with Crippen molar-refractivity contribution in [1.29, 1.82) is 0 Å². The Kier molecular flexibility index (Phi) is 4.19. The highest BCUT2D eigenvalue weighted by molar-refractivity contribution is 7.98. The molecule has 2 aromatic heterocycles. The van der Waals surface area contributed by atoms with E-state index in [1.807, 2.05) is 6.26 Å². The third-order valence-corrected chi connectivity index (χ3v) is 4.42. The maximum absolute atomic E-state index is 12.5. The molecule has 0 unspecified atom stereocenters. The van der Waals surface area contributed by atoms with Crippen LogP contribution in [-0.2, 0) is 7.05 Å². The standard InChI is InChI=1S/C16H12ClN3O2S/c1-20-15(22)12-7-10(8-18-14(12)19-16(20)23-2)13(21)9-3-5-11(17)6-4-9/h3-8H,1-2H3. The van der Waals surface area contributed by atoms with Crippen molar-refractivity contribution in [2.24, 2.45) is 7.05 Å². The largest absolute Gasteiger partial charge is 0.290 e. The van der Waals surface area contributed by atoms with Crippen molar-refractivity contribution < 1.29 is 4.79 Å². The number of rotatable bonds is 3. The minimum atomic E-state index is -0.224. The Hall–Kier alpha value is -2.18. The van der Waals surface area contributed by atoms with E-state index in [0.29, 0.717) is 32.3 Å². The Morgan fingerprint density at radius 3 is 2.57 bits per heavy atom. The molecule has 0 N–H and O–H groups in total. The number of carbonyl (C=O) groups is 1. The molecule has 0 spiro atoms. The van der Waals surface area contributed by atoms with Crippen LogP contribution in [0.2, 0.25) is 5.02 Å². The molecule has 0 radical (unpaired) electrons. The topological polar surface area (TPSA) is 64.8 Å². The number of pyridine rings is 1. The fourth-order valence-electron chi connectivity index (χ4n) is 2.21. The molecular weight excluding hydrogens is 334 g/mol. The third-order valence-electron chi connectivity index (χ3n) is 3.44. The van der Waals surface area contributed by atoms with Gasteiger partial charge in [-0.1, -0.05) is 23.4 Å². The number of thioether (sulfide) groups is 1. The van der Waals surface area contributed by atoms with E-state index in [9.17, 15) is 9.59 Å². The van der Waals surface area contributed by atoms with E-state index in [-0.39, 0.29) is 11.3 Å². The first-order chi connectivity index (χ1) is 11.0. The van der Waals surface area contributed by atoms with Crippen molar-refractivity contribution in [2.75, 3.05) is 6.26 Å². The van der Waals surface area contributed by atoms with Crippen molar-refractivity contribution in [3.8, 4) is 0 Å². The first kappa shape index (κ1) is 15.7. The van der Waals surface area contributed by atoms with Crippen molar-refractivity contribution in [1.82, 2.24) is 14.5 Å². The van der Waals surface area contributed by atoms with Crippen molar-refractivity contribution in [3.63, 3.8) is 0 Å². The summed E-state index contributed by atoms with van der Waals surface area (Å²) in [4.78, 5) is 33.4. The Bertz CT molecular complexity index is 967. The molecular formula is C16H12ClN3O2S. The second kappa shape index (κ2) is 6.14. The Labute approximate surface area is 141 Å². The van der Waals surface area contributed by atoms with Gasteiger partial charge in [0.15, 0.2) is 16.6 Å². The van der Waals surface area contributed by atoms with Gasteiger partial charge in [0, 0.05) is 29.4 Å². The summed E-state index contributed by atoms with van der Waals surface area (Å²) in [5, 5.41) is 1.46. The summed E-state index contributed by atoms with van der Waals surface area (Å²) in [7, 11) is 1.65. The molecule has 1 aromatic carbocycles. The summed E-state index contributed by atoms with van der Waals surface area (Å²) in [6.45, 7) is 0. The molecule has 116 valence electrons. The van der Waals surface area contributed by atoms with E-state index in [2.05, 4.69) is 9.97 Å². The minimum Gasteiger partial charge on any atom is -0.290 e. The normalized spacial score (nSPS) is 10.9. The first-order valence-electron chi connectivity index (χ1n) is 6.72. The fourth-order valence-corrected chi connectivity index (χ4v) is 2.87. The minimum absolute atomic E-state index is 0.216. The molecule has 0 atom stereocenters. The molecule has 3 rings (SSSR count). The van der Waals surface area contributed by atoms with Crippen molar-refractivity contribution >= 4 is 40.2 Å². The van der Waals surface area contributed by atoms with Gasteiger partial charge in [0.1, 0.15) is 0 Å². The zero-order chi connectivity index (χ0) is 16.6. The van der Waals surface area contributed by atoms with Crippen LogP contribution in [0.25, 0.3) is 11.0 Å². The Morgan fingerprint density at radius 1 is 1.22 bits per heavy atom. The molecule has 7 heteroatoms. The van der Waals surface area contributed by atoms with Crippen LogP contribution >= 0.6 is 23.4 Å². The van der Waals surface area contributed by atoms with Gasteiger partial charge in [-0.05, 0) is 36.6 Å². The van der Waals surface area contributed by atoms with Gasteiger partial charge in [-0.2, -0.15) is 0 Å². The summed E-state index contributed by atoms with van der Waals surface area (Å²) in [5.41, 5.74) is 0.944. The maximum atomic E-state index is 12.5. The summed E-state index contributed by atoms with van der Waals surface area (Å²) >= 11 is 7.19. The van der Waals surface area contributed by atoms with Gasteiger partial charge in [-0.15, -0.1) is 0 Å². The number of ketones is 1. The summed E-state index contributed by atoms with van der Waals surface area (Å²) < 4.78 is 1.45. The van der Waals surface area contributed by atoms with Crippen molar-refractivity contribution in [2.45, 2.75) is 5.16 Å². The van der Waals surface area contributed by atoms with E-state index >= 15 is 0 Å². The number of nitrogens with zero attached hydrogens (tertiary/aromatic N) is 3. The fraction of sp³-hybridized carbons (Fsp3) is 0.125. The van der Waals surface area contributed by atoms with Gasteiger partial charge in [-0.3, -0.25) is 14.2 Å². The molecule has 0 saturated carbocycles. The summed E-state index contributed by atoms with van der Waals surface area (Å²) in [6, 6.07) is 8.12. The van der Waals surface area contributed by atoms with Crippen LogP contribution in [0, 0.1) is 0 Å². The monoisotopic (exact) mass is 345 g/mol. The lowest BCUT2D eigenvalue weighted by Crippen LogP contribution is -2.20. The second-order valence-corrected chi connectivity index (χ2v) is 6.10. The SMILES string of the molecule is CSc1nc2ncc(C(=O)c3ccc(Cl)cc3)cc2c(=O)n1C. The van der Waals surface area contributed by atoms with E-state index < -0.39 is 0 Å².